The van der Waals surface area contributed by atoms with E-state index in [1.807, 2.05) is 60.4 Å². The Morgan fingerprint density at radius 3 is 2.38 bits per heavy atom. The molecule has 2 fully saturated rings. The van der Waals surface area contributed by atoms with Crippen molar-refractivity contribution in [1.29, 1.82) is 0 Å². The van der Waals surface area contributed by atoms with E-state index in [0.717, 1.165) is 42.7 Å². The van der Waals surface area contributed by atoms with Gasteiger partial charge >= 0.3 is 0 Å². The number of amides is 2. The van der Waals surface area contributed by atoms with Crippen molar-refractivity contribution in [3.05, 3.63) is 76.6 Å². The normalized spacial score (nSPS) is 17.6. The highest BCUT2D eigenvalue weighted by Crippen LogP contribution is 2.21. The molecule has 0 unspecified atom stereocenters. The molecule has 1 aromatic heterocycles. The van der Waals surface area contributed by atoms with Crippen LogP contribution >= 0.6 is 0 Å². The lowest BCUT2D eigenvalue weighted by atomic mass is 10.1. The lowest BCUT2D eigenvalue weighted by Gasteiger charge is -2.37. The monoisotopic (exact) mass is 501 g/mol. The molecule has 0 spiro atoms. The van der Waals surface area contributed by atoms with E-state index in [9.17, 15) is 14.4 Å². The van der Waals surface area contributed by atoms with Crippen LogP contribution in [0.5, 0.6) is 0 Å². The maximum atomic E-state index is 12.7. The molecule has 2 aromatic carbocycles. The first-order valence-corrected chi connectivity index (χ1v) is 12.7. The molecule has 192 valence electrons. The molecule has 1 N–H and O–H groups in total. The third kappa shape index (κ3) is 5.89. The van der Waals surface area contributed by atoms with Crippen LogP contribution in [0.2, 0.25) is 0 Å². The lowest BCUT2D eigenvalue weighted by Crippen LogP contribution is -2.51. The van der Waals surface area contributed by atoms with E-state index in [-0.39, 0.29) is 30.0 Å². The minimum absolute atomic E-state index is 0.105. The molecule has 3 aromatic rings. The van der Waals surface area contributed by atoms with E-state index in [1.165, 1.54) is 10.7 Å². The second-order valence-corrected chi connectivity index (χ2v) is 9.49. The molecule has 0 saturated carbocycles. The molecule has 1 atom stereocenters. The molecule has 2 aliphatic rings. The van der Waals surface area contributed by atoms with Crippen LogP contribution in [0.4, 0.5) is 11.4 Å². The van der Waals surface area contributed by atoms with E-state index in [0.29, 0.717) is 31.1 Å². The van der Waals surface area contributed by atoms with Crippen LogP contribution in [0, 0.1) is 6.92 Å². The van der Waals surface area contributed by atoms with Gasteiger partial charge in [-0.25, -0.2) is 4.68 Å². The van der Waals surface area contributed by atoms with Gasteiger partial charge in [0.2, 0.25) is 5.91 Å². The average molecular weight is 502 g/mol. The number of anilines is 2. The van der Waals surface area contributed by atoms with E-state index < -0.39 is 0 Å². The van der Waals surface area contributed by atoms with E-state index in [4.69, 9.17) is 4.74 Å². The molecule has 3 heterocycles. The first-order chi connectivity index (χ1) is 18.0. The number of hydrogen-bond acceptors (Lipinski definition) is 6. The molecular formula is C28H31N5O4. The van der Waals surface area contributed by atoms with E-state index in [2.05, 4.69) is 15.3 Å². The zero-order valence-electron chi connectivity index (χ0n) is 20.9. The summed E-state index contributed by atoms with van der Waals surface area (Å²) in [4.78, 5) is 41.6. The molecule has 0 radical (unpaired) electrons. The second kappa shape index (κ2) is 11.0. The van der Waals surface area contributed by atoms with Crippen LogP contribution < -0.4 is 15.8 Å². The summed E-state index contributed by atoms with van der Waals surface area (Å²) in [5, 5.41) is 7.22. The Morgan fingerprint density at radius 1 is 0.973 bits per heavy atom. The van der Waals surface area contributed by atoms with Crippen LogP contribution in [0.25, 0.3) is 11.3 Å². The Hall–Kier alpha value is -3.98. The third-order valence-corrected chi connectivity index (χ3v) is 6.82. The number of ether oxygens (including phenoxy) is 1. The summed E-state index contributed by atoms with van der Waals surface area (Å²) in [7, 11) is 0. The number of benzene rings is 2. The Morgan fingerprint density at radius 2 is 1.70 bits per heavy atom. The van der Waals surface area contributed by atoms with Gasteiger partial charge in [0.15, 0.2) is 0 Å². The van der Waals surface area contributed by atoms with Gasteiger partial charge < -0.3 is 19.9 Å². The smallest absolute Gasteiger partial charge is 0.267 e. The van der Waals surface area contributed by atoms with Crippen molar-refractivity contribution < 1.29 is 14.3 Å². The highest BCUT2D eigenvalue weighted by Gasteiger charge is 2.30. The van der Waals surface area contributed by atoms with Crippen LogP contribution in [0.15, 0.2) is 65.5 Å². The number of aromatic nitrogens is 2. The van der Waals surface area contributed by atoms with Crippen molar-refractivity contribution in [3.8, 4) is 11.3 Å². The van der Waals surface area contributed by atoms with Crippen molar-refractivity contribution in [2.75, 3.05) is 43.0 Å². The van der Waals surface area contributed by atoms with Crippen molar-refractivity contribution >= 4 is 23.2 Å². The summed E-state index contributed by atoms with van der Waals surface area (Å²) in [6.45, 7) is 5.32. The summed E-state index contributed by atoms with van der Waals surface area (Å²) in [6.07, 6.45) is 1.49. The Labute approximate surface area is 215 Å². The minimum atomic E-state index is -0.335. The van der Waals surface area contributed by atoms with Gasteiger partial charge in [-0.15, -0.1) is 0 Å². The van der Waals surface area contributed by atoms with Gasteiger partial charge in [0.1, 0.15) is 12.6 Å². The topological polar surface area (TPSA) is 96.8 Å². The molecule has 0 bridgehead atoms. The summed E-state index contributed by atoms with van der Waals surface area (Å²) in [5.41, 5.74) is 3.99. The van der Waals surface area contributed by atoms with Crippen LogP contribution in [0.3, 0.4) is 0 Å². The summed E-state index contributed by atoms with van der Waals surface area (Å²) in [5.74, 6) is -0.224. The fraction of sp³-hybridized carbons (Fsp3) is 0.357. The average Bonchev–Trinajstić information content (AvgIpc) is 3.46. The van der Waals surface area contributed by atoms with Crippen LogP contribution in [-0.4, -0.2) is 65.4 Å². The van der Waals surface area contributed by atoms with Crippen molar-refractivity contribution in [2.24, 2.45) is 0 Å². The van der Waals surface area contributed by atoms with E-state index in [1.54, 1.807) is 6.07 Å². The molecule has 37 heavy (non-hydrogen) atoms. The maximum Gasteiger partial charge on any atom is 0.267 e. The molecule has 5 rings (SSSR count). The van der Waals surface area contributed by atoms with Crippen LogP contribution in [-0.2, 0) is 20.9 Å². The number of hydrogen-bond donors (Lipinski definition) is 1. The molecule has 2 saturated heterocycles. The third-order valence-electron chi connectivity index (χ3n) is 6.82. The van der Waals surface area contributed by atoms with Crippen molar-refractivity contribution in [1.82, 2.24) is 14.7 Å². The number of rotatable bonds is 6. The van der Waals surface area contributed by atoms with E-state index >= 15 is 0 Å². The number of aryl methyl sites for hydroxylation is 1. The minimum Gasteiger partial charge on any atom is -0.368 e. The standard InChI is InChI=1S/C28H31N5O4/c1-20-4-6-21(7-5-20)24-12-13-27(35)33(30-24)19-26(34)29-22-8-10-23(11-9-22)31-14-16-32(17-15-31)28(36)25-3-2-18-37-25/h4-13,25H,2-3,14-19H2,1H3,(H,29,34)/t25-/m0/s1. The number of nitrogens with one attached hydrogen (secondary N) is 1. The van der Waals surface area contributed by atoms with Gasteiger partial charge in [-0.1, -0.05) is 29.8 Å². The maximum absolute atomic E-state index is 12.7. The SMILES string of the molecule is Cc1ccc(-c2ccc(=O)n(CC(=O)Nc3ccc(N4CCN(C(=O)[C@@H]5CCCO5)CC4)cc3)n2)cc1. The first-order valence-electron chi connectivity index (χ1n) is 12.7. The summed E-state index contributed by atoms with van der Waals surface area (Å²) >= 11 is 0. The second-order valence-electron chi connectivity index (χ2n) is 9.49. The van der Waals surface area contributed by atoms with Gasteiger partial charge in [-0.2, -0.15) is 5.10 Å². The number of carbonyl (C=O) groups excluding carboxylic acids is 2. The Kier molecular flexibility index (Phi) is 7.32. The first kappa shape index (κ1) is 24.7. The predicted molar refractivity (Wildman–Crippen MR) is 142 cm³/mol. The van der Waals surface area contributed by atoms with Crippen molar-refractivity contribution in [3.63, 3.8) is 0 Å². The Balaban J connectivity index is 1.16. The summed E-state index contributed by atoms with van der Waals surface area (Å²) in [6, 6.07) is 18.5. The molecule has 2 aliphatic heterocycles. The van der Waals surface area contributed by atoms with Gasteiger partial charge in [0, 0.05) is 55.8 Å². The largest absolute Gasteiger partial charge is 0.368 e. The molecule has 0 aliphatic carbocycles. The fourth-order valence-electron chi connectivity index (χ4n) is 4.69. The molecule has 2 amide bonds. The van der Waals surface area contributed by atoms with Gasteiger partial charge in [-0.3, -0.25) is 14.4 Å². The number of carbonyl (C=O) groups is 2. The molecule has 9 nitrogen and oxygen atoms in total. The highest BCUT2D eigenvalue weighted by molar-refractivity contribution is 5.90. The number of nitrogens with zero attached hydrogens (tertiary/aromatic N) is 4. The number of piperazine rings is 1. The van der Waals surface area contributed by atoms with Crippen LogP contribution in [0.1, 0.15) is 18.4 Å². The predicted octanol–water partition coefficient (Wildman–Crippen LogP) is 2.69. The lowest BCUT2D eigenvalue weighted by molar-refractivity contribution is -0.141. The zero-order chi connectivity index (χ0) is 25.8. The summed E-state index contributed by atoms with van der Waals surface area (Å²) < 4.78 is 6.71. The van der Waals surface area contributed by atoms with Gasteiger partial charge in [0.05, 0.1) is 5.69 Å². The quantitative estimate of drug-likeness (QED) is 0.558. The molecule has 9 heteroatoms. The zero-order valence-corrected chi connectivity index (χ0v) is 20.9. The highest BCUT2D eigenvalue weighted by atomic mass is 16.5. The van der Waals surface area contributed by atoms with Crippen molar-refractivity contribution in [2.45, 2.75) is 32.4 Å². The fourth-order valence-corrected chi connectivity index (χ4v) is 4.69. The van der Waals surface area contributed by atoms with Gasteiger partial charge in [-0.05, 0) is 50.1 Å². The Bertz CT molecular complexity index is 1310. The molecular weight excluding hydrogens is 470 g/mol. The van der Waals surface area contributed by atoms with Gasteiger partial charge in [0.25, 0.3) is 11.5 Å².